The Balaban J connectivity index is 2.31. The molecule has 0 unspecified atom stereocenters. The lowest BCUT2D eigenvalue weighted by atomic mass is 9.79. The molecule has 0 N–H and O–H groups in total. The second kappa shape index (κ2) is 3.57. The molecule has 0 saturated carbocycles. The van der Waals surface area contributed by atoms with Crippen molar-refractivity contribution in [1.29, 1.82) is 0 Å². The van der Waals surface area contributed by atoms with Crippen LogP contribution in [0, 0.1) is 11.9 Å². The molecule has 0 spiro atoms. The highest BCUT2D eigenvalue weighted by atomic mass is 19.1. The van der Waals surface area contributed by atoms with Gasteiger partial charge in [-0.3, -0.25) is 0 Å². The van der Waals surface area contributed by atoms with Gasteiger partial charge in [-0.1, -0.05) is 18.2 Å². The van der Waals surface area contributed by atoms with Crippen molar-refractivity contribution in [2.24, 2.45) is 0 Å². The number of benzene rings is 1. The van der Waals surface area contributed by atoms with E-state index >= 15 is 0 Å². The van der Waals surface area contributed by atoms with Crippen molar-refractivity contribution in [3.8, 4) is 0 Å². The first-order chi connectivity index (χ1) is 7.33. The Hall–Kier alpha value is -0.865. The minimum atomic E-state index is -0.651. The smallest absolute Gasteiger partial charge is 0.399 e. The van der Waals surface area contributed by atoms with Crippen LogP contribution in [0.2, 0.25) is 0 Å². The van der Waals surface area contributed by atoms with Crippen LogP contribution < -0.4 is 5.46 Å². The predicted octanol–water partition coefficient (Wildman–Crippen LogP) is 1.93. The fourth-order valence-electron chi connectivity index (χ4n) is 1.58. The van der Waals surface area contributed by atoms with Crippen LogP contribution in [0.4, 0.5) is 4.39 Å². The summed E-state index contributed by atoms with van der Waals surface area (Å²) in [7, 11) is -0.651. The van der Waals surface area contributed by atoms with Crippen LogP contribution in [0.1, 0.15) is 27.7 Å². The van der Waals surface area contributed by atoms with E-state index < -0.39 is 24.1 Å². The van der Waals surface area contributed by atoms with Gasteiger partial charge in [0.2, 0.25) is 0 Å². The fraction of sp³-hybridized carbons (Fsp3) is 0.500. The van der Waals surface area contributed by atoms with Crippen molar-refractivity contribution in [2.75, 3.05) is 0 Å². The van der Waals surface area contributed by atoms with Gasteiger partial charge in [0.15, 0.2) is 0 Å². The molecule has 4 heteroatoms. The first kappa shape index (κ1) is 11.6. The Morgan fingerprint density at radius 1 is 1.19 bits per heavy atom. The molecule has 1 radical (unpaired) electrons. The zero-order chi connectivity index (χ0) is 12.0. The molecule has 0 aliphatic carbocycles. The van der Waals surface area contributed by atoms with E-state index in [1.54, 1.807) is 12.1 Å². The molecule has 0 aromatic heterocycles. The molecule has 85 valence electrons. The van der Waals surface area contributed by atoms with Crippen molar-refractivity contribution in [3.63, 3.8) is 0 Å². The molecule has 2 nitrogen and oxygen atoms in total. The SMILES string of the molecule is CC1(C)OB(c2ccc[c]c2F)OC1(C)C. The molecule has 1 aliphatic rings. The lowest BCUT2D eigenvalue weighted by Gasteiger charge is -2.32. The first-order valence-electron chi connectivity index (χ1n) is 5.35. The van der Waals surface area contributed by atoms with Crippen LogP contribution in [0.5, 0.6) is 0 Å². The van der Waals surface area contributed by atoms with E-state index in [9.17, 15) is 4.39 Å². The lowest BCUT2D eigenvalue weighted by molar-refractivity contribution is 0.00578. The molecule has 0 bridgehead atoms. The van der Waals surface area contributed by atoms with Gasteiger partial charge in [0.1, 0.15) is 5.82 Å². The number of hydrogen-bond donors (Lipinski definition) is 0. The van der Waals surface area contributed by atoms with Gasteiger partial charge >= 0.3 is 7.12 Å². The zero-order valence-corrected chi connectivity index (χ0v) is 10.0. The molecule has 16 heavy (non-hydrogen) atoms. The highest BCUT2D eigenvalue weighted by molar-refractivity contribution is 6.62. The summed E-state index contributed by atoms with van der Waals surface area (Å²) in [6.45, 7) is 7.77. The Bertz CT molecular complexity index is 388. The Labute approximate surface area is 95.9 Å². The topological polar surface area (TPSA) is 18.5 Å². The van der Waals surface area contributed by atoms with E-state index in [0.717, 1.165) is 0 Å². The van der Waals surface area contributed by atoms with Gasteiger partial charge in [0, 0.05) is 11.5 Å². The third-order valence-corrected chi connectivity index (χ3v) is 3.34. The monoisotopic (exact) mass is 221 g/mol. The van der Waals surface area contributed by atoms with Gasteiger partial charge in [0.25, 0.3) is 0 Å². The minimum absolute atomic E-state index is 0.404. The van der Waals surface area contributed by atoms with Crippen LogP contribution in [-0.4, -0.2) is 18.3 Å². The molecule has 0 atom stereocenters. The molecule has 1 aliphatic heterocycles. The minimum Gasteiger partial charge on any atom is -0.399 e. The summed E-state index contributed by atoms with van der Waals surface area (Å²) >= 11 is 0. The van der Waals surface area contributed by atoms with Gasteiger partial charge < -0.3 is 9.31 Å². The van der Waals surface area contributed by atoms with Crippen LogP contribution in [0.3, 0.4) is 0 Å². The van der Waals surface area contributed by atoms with Crippen molar-refractivity contribution in [2.45, 2.75) is 38.9 Å². The van der Waals surface area contributed by atoms with Crippen molar-refractivity contribution >= 4 is 12.6 Å². The summed E-state index contributed by atoms with van der Waals surface area (Å²) in [6.07, 6.45) is 0. The summed E-state index contributed by atoms with van der Waals surface area (Å²) in [5.41, 5.74) is -0.485. The van der Waals surface area contributed by atoms with E-state index in [1.807, 2.05) is 27.7 Å². The maximum atomic E-state index is 13.5. The molecule has 2 rings (SSSR count). The summed E-state index contributed by atoms with van der Waals surface area (Å²) in [4.78, 5) is 0. The summed E-state index contributed by atoms with van der Waals surface area (Å²) in [5, 5.41) is 0. The standard InChI is InChI=1S/C12H15BFO2/c1-11(2)12(3,4)16-13(15-11)9-7-5-6-8-10(9)14/h5-7H,1-4H3. The molecule has 1 aromatic carbocycles. The number of halogens is 1. The van der Waals surface area contributed by atoms with Crippen LogP contribution >= 0.6 is 0 Å². The van der Waals surface area contributed by atoms with Gasteiger partial charge in [-0.15, -0.1) is 0 Å². The van der Waals surface area contributed by atoms with Gasteiger partial charge in [-0.05, 0) is 27.7 Å². The largest absolute Gasteiger partial charge is 0.497 e. The van der Waals surface area contributed by atoms with Crippen LogP contribution in [-0.2, 0) is 9.31 Å². The molecular formula is C12H15BFO2. The second-order valence-corrected chi connectivity index (χ2v) is 5.03. The van der Waals surface area contributed by atoms with E-state index in [4.69, 9.17) is 9.31 Å². The van der Waals surface area contributed by atoms with Crippen molar-refractivity contribution in [1.82, 2.24) is 0 Å². The molecule has 1 aromatic rings. The molecule has 0 amide bonds. The highest BCUT2D eigenvalue weighted by Gasteiger charge is 2.52. The van der Waals surface area contributed by atoms with Gasteiger partial charge in [-0.2, -0.15) is 0 Å². The van der Waals surface area contributed by atoms with E-state index in [2.05, 4.69) is 6.07 Å². The molecule has 1 saturated heterocycles. The van der Waals surface area contributed by atoms with Crippen molar-refractivity contribution < 1.29 is 13.7 Å². The third kappa shape index (κ3) is 1.76. The molecule has 1 fully saturated rings. The first-order valence-corrected chi connectivity index (χ1v) is 5.35. The highest BCUT2D eigenvalue weighted by Crippen LogP contribution is 2.36. The zero-order valence-electron chi connectivity index (χ0n) is 10.0. The van der Waals surface area contributed by atoms with Gasteiger partial charge in [0.05, 0.1) is 11.2 Å². The Morgan fingerprint density at radius 2 is 1.75 bits per heavy atom. The fourth-order valence-corrected chi connectivity index (χ4v) is 1.58. The predicted molar refractivity (Wildman–Crippen MR) is 61.0 cm³/mol. The summed E-state index contributed by atoms with van der Waals surface area (Å²) in [5.74, 6) is -0.416. The average Bonchev–Trinajstić information content (AvgIpc) is 2.36. The van der Waals surface area contributed by atoms with E-state index in [-0.39, 0.29) is 0 Å². The quantitative estimate of drug-likeness (QED) is 0.674. The van der Waals surface area contributed by atoms with Crippen molar-refractivity contribution in [3.05, 3.63) is 30.1 Å². The van der Waals surface area contributed by atoms with Crippen LogP contribution in [0.25, 0.3) is 0 Å². The maximum absolute atomic E-state index is 13.5. The third-order valence-electron chi connectivity index (χ3n) is 3.34. The normalized spacial score (nSPS) is 22.4. The second-order valence-electron chi connectivity index (χ2n) is 5.03. The number of rotatable bonds is 1. The van der Waals surface area contributed by atoms with E-state index in [1.165, 1.54) is 6.07 Å². The van der Waals surface area contributed by atoms with E-state index in [0.29, 0.717) is 5.46 Å². The molecule has 1 heterocycles. The lowest BCUT2D eigenvalue weighted by Crippen LogP contribution is -2.41. The number of hydrogen-bond acceptors (Lipinski definition) is 2. The Morgan fingerprint density at radius 3 is 2.25 bits per heavy atom. The summed E-state index contributed by atoms with van der Waals surface area (Å²) in [6, 6.07) is 7.42. The maximum Gasteiger partial charge on any atom is 0.497 e. The summed E-state index contributed by atoms with van der Waals surface area (Å²) < 4.78 is 25.0. The van der Waals surface area contributed by atoms with Gasteiger partial charge in [-0.25, -0.2) is 4.39 Å². The Kier molecular flexibility index (Phi) is 2.59. The average molecular weight is 221 g/mol. The molecular weight excluding hydrogens is 206 g/mol. The van der Waals surface area contributed by atoms with Crippen LogP contribution in [0.15, 0.2) is 18.2 Å².